The van der Waals surface area contributed by atoms with Crippen LogP contribution in [-0.4, -0.2) is 15.9 Å². The van der Waals surface area contributed by atoms with Crippen molar-refractivity contribution in [1.82, 2.24) is 9.97 Å². The van der Waals surface area contributed by atoms with E-state index in [0.717, 1.165) is 38.7 Å². The van der Waals surface area contributed by atoms with Crippen molar-refractivity contribution in [2.45, 2.75) is 6.54 Å². The van der Waals surface area contributed by atoms with Crippen LogP contribution in [0, 0.1) is 0 Å². The number of para-hydroxylation sites is 2. The molecule has 3 aromatic carbocycles. The van der Waals surface area contributed by atoms with Crippen LogP contribution in [0.2, 0.25) is 0 Å². The second-order valence-electron chi connectivity index (χ2n) is 7.14. The van der Waals surface area contributed by atoms with Gasteiger partial charge in [-0.05, 0) is 42.0 Å². The first-order valence-corrected chi connectivity index (χ1v) is 9.81. The number of nitrogens with one attached hydrogen (secondary N) is 3. The maximum atomic E-state index is 13.0. The first kappa shape index (κ1) is 17.9. The molecule has 0 spiro atoms. The molecule has 0 atom stereocenters. The Kier molecular flexibility index (Phi) is 4.62. The molecule has 146 valence electrons. The van der Waals surface area contributed by atoms with E-state index >= 15 is 0 Å². The number of fused-ring (bicyclic) bond motifs is 3. The molecule has 2 aromatic heterocycles. The molecule has 5 nitrogen and oxygen atoms in total. The quantitative estimate of drug-likeness (QED) is 0.366. The number of aromatic nitrogens is 2. The van der Waals surface area contributed by atoms with E-state index in [1.807, 2.05) is 72.8 Å². The largest absolute Gasteiger partial charge is 0.381 e. The zero-order chi connectivity index (χ0) is 20.3. The lowest BCUT2D eigenvalue weighted by Crippen LogP contribution is -2.12. The van der Waals surface area contributed by atoms with E-state index in [1.165, 1.54) is 0 Å². The number of hydrogen-bond donors (Lipinski definition) is 3. The molecule has 0 bridgehead atoms. The van der Waals surface area contributed by atoms with Gasteiger partial charge < -0.3 is 15.6 Å². The molecular weight excluding hydrogens is 372 g/mol. The van der Waals surface area contributed by atoms with Crippen LogP contribution in [0.1, 0.15) is 15.9 Å². The van der Waals surface area contributed by atoms with Gasteiger partial charge in [0.2, 0.25) is 0 Å². The molecule has 5 rings (SSSR count). The monoisotopic (exact) mass is 392 g/mol. The van der Waals surface area contributed by atoms with E-state index in [4.69, 9.17) is 0 Å². The van der Waals surface area contributed by atoms with Crippen LogP contribution >= 0.6 is 0 Å². The van der Waals surface area contributed by atoms with E-state index in [0.29, 0.717) is 12.1 Å². The minimum absolute atomic E-state index is 0.133. The van der Waals surface area contributed by atoms with Gasteiger partial charge in [-0.2, -0.15) is 0 Å². The first-order chi connectivity index (χ1) is 14.8. The molecule has 0 saturated carbocycles. The summed E-state index contributed by atoms with van der Waals surface area (Å²) in [5.74, 6) is -0.133. The number of H-pyrrole nitrogens is 1. The van der Waals surface area contributed by atoms with Crippen LogP contribution in [0.3, 0.4) is 0 Å². The molecule has 0 radical (unpaired) electrons. The molecule has 0 unspecified atom stereocenters. The molecule has 0 aliphatic carbocycles. The topological polar surface area (TPSA) is 69.8 Å². The smallest absolute Gasteiger partial charge is 0.257 e. The van der Waals surface area contributed by atoms with Gasteiger partial charge in [-0.1, -0.05) is 42.5 Å². The Hall–Kier alpha value is -4.12. The Morgan fingerprint density at radius 2 is 1.63 bits per heavy atom. The van der Waals surface area contributed by atoms with Gasteiger partial charge in [-0.3, -0.25) is 9.78 Å². The highest BCUT2D eigenvalue weighted by atomic mass is 16.1. The predicted molar refractivity (Wildman–Crippen MR) is 122 cm³/mol. The zero-order valence-electron chi connectivity index (χ0n) is 16.2. The van der Waals surface area contributed by atoms with Crippen LogP contribution in [0.4, 0.5) is 11.4 Å². The molecule has 0 saturated heterocycles. The number of hydrogen-bond acceptors (Lipinski definition) is 3. The number of nitrogens with zero attached hydrogens (tertiary/aromatic N) is 1. The van der Waals surface area contributed by atoms with Crippen molar-refractivity contribution in [3.8, 4) is 0 Å². The maximum absolute atomic E-state index is 13.0. The van der Waals surface area contributed by atoms with Crippen LogP contribution in [0.25, 0.3) is 21.8 Å². The van der Waals surface area contributed by atoms with Crippen molar-refractivity contribution in [3.05, 3.63) is 102 Å². The van der Waals surface area contributed by atoms with Crippen molar-refractivity contribution in [2.24, 2.45) is 0 Å². The summed E-state index contributed by atoms with van der Waals surface area (Å²) in [4.78, 5) is 20.5. The number of aromatic amines is 1. The summed E-state index contributed by atoms with van der Waals surface area (Å²) in [5, 5.41) is 8.56. The number of amides is 1. The highest BCUT2D eigenvalue weighted by Gasteiger charge is 2.14. The van der Waals surface area contributed by atoms with Crippen LogP contribution in [0.15, 0.2) is 91.3 Å². The first-order valence-electron chi connectivity index (χ1n) is 9.81. The van der Waals surface area contributed by atoms with E-state index in [2.05, 4.69) is 26.7 Å². The van der Waals surface area contributed by atoms with Gasteiger partial charge in [0.1, 0.15) is 0 Å². The summed E-state index contributed by atoms with van der Waals surface area (Å²) in [6.07, 6.45) is 3.51. The summed E-state index contributed by atoms with van der Waals surface area (Å²) in [5.41, 5.74) is 5.35. The number of rotatable bonds is 5. The maximum Gasteiger partial charge on any atom is 0.257 e. The summed E-state index contributed by atoms with van der Waals surface area (Å²) in [6, 6.07) is 25.6. The van der Waals surface area contributed by atoms with Crippen molar-refractivity contribution < 1.29 is 4.79 Å². The molecule has 0 aliphatic heterocycles. The Morgan fingerprint density at radius 1 is 0.833 bits per heavy atom. The highest BCUT2D eigenvalue weighted by molar-refractivity contribution is 6.17. The van der Waals surface area contributed by atoms with E-state index in [-0.39, 0.29) is 5.91 Å². The fraction of sp³-hybridized carbons (Fsp3) is 0.0400. The molecular formula is C25H20N4O. The van der Waals surface area contributed by atoms with Gasteiger partial charge in [0.15, 0.2) is 0 Å². The number of anilines is 2. The highest BCUT2D eigenvalue weighted by Crippen LogP contribution is 2.28. The van der Waals surface area contributed by atoms with E-state index in [9.17, 15) is 4.79 Å². The second kappa shape index (κ2) is 7.72. The molecule has 2 heterocycles. The molecule has 30 heavy (non-hydrogen) atoms. The third-order valence-corrected chi connectivity index (χ3v) is 5.15. The third kappa shape index (κ3) is 3.49. The SMILES string of the molecule is O=C(Nc1cccc(CNc2ccncc2)c1)c1cccc2c1[nH]c1ccccc12. The second-order valence-corrected chi connectivity index (χ2v) is 7.14. The third-order valence-electron chi connectivity index (χ3n) is 5.15. The Bertz CT molecular complexity index is 1340. The summed E-state index contributed by atoms with van der Waals surface area (Å²) in [6.45, 7) is 0.658. The number of pyridine rings is 1. The van der Waals surface area contributed by atoms with Gasteiger partial charge in [0.05, 0.1) is 11.1 Å². The zero-order valence-corrected chi connectivity index (χ0v) is 16.2. The molecule has 5 heteroatoms. The van der Waals surface area contributed by atoms with Gasteiger partial charge in [0, 0.05) is 46.6 Å². The summed E-state index contributed by atoms with van der Waals surface area (Å²) >= 11 is 0. The number of carbonyl (C=O) groups is 1. The van der Waals surface area contributed by atoms with Gasteiger partial charge in [-0.25, -0.2) is 0 Å². The van der Waals surface area contributed by atoms with Crippen molar-refractivity contribution in [2.75, 3.05) is 10.6 Å². The lowest BCUT2D eigenvalue weighted by Gasteiger charge is -2.10. The van der Waals surface area contributed by atoms with Gasteiger partial charge >= 0.3 is 0 Å². The van der Waals surface area contributed by atoms with Crippen molar-refractivity contribution in [1.29, 1.82) is 0 Å². The standard InChI is InChI=1S/C25H20N4O/c30-25(22-9-4-8-21-20-7-1-2-10-23(20)29-24(21)22)28-19-6-3-5-17(15-19)16-27-18-11-13-26-14-12-18/h1-15,29H,16H2,(H,26,27)(H,28,30). The fourth-order valence-electron chi connectivity index (χ4n) is 3.69. The number of benzene rings is 3. The van der Waals surface area contributed by atoms with Crippen LogP contribution in [0.5, 0.6) is 0 Å². The average Bonchev–Trinajstić information content (AvgIpc) is 3.17. The predicted octanol–water partition coefficient (Wildman–Crippen LogP) is 5.58. The summed E-state index contributed by atoms with van der Waals surface area (Å²) < 4.78 is 0. The van der Waals surface area contributed by atoms with E-state index in [1.54, 1.807) is 12.4 Å². The van der Waals surface area contributed by atoms with Crippen molar-refractivity contribution >= 4 is 39.1 Å². The number of carbonyl (C=O) groups excluding carboxylic acids is 1. The van der Waals surface area contributed by atoms with Crippen LogP contribution in [-0.2, 0) is 6.54 Å². The minimum atomic E-state index is -0.133. The Labute approximate surface area is 173 Å². The van der Waals surface area contributed by atoms with Crippen LogP contribution < -0.4 is 10.6 Å². The van der Waals surface area contributed by atoms with Gasteiger partial charge in [0.25, 0.3) is 5.91 Å². The van der Waals surface area contributed by atoms with E-state index < -0.39 is 0 Å². The van der Waals surface area contributed by atoms with Crippen molar-refractivity contribution in [3.63, 3.8) is 0 Å². The fourth-order valence-corrected chi connectivity index (χ4v) is 3.69. The molecule has 0 aliphatic rings. The normalized spacial score (nSPS) is 10.9. The minimum Gasteiger partial charge on any atom is -0.381 e. The lowest BCUT2D eigenvalue weighted by molar-refractivity contribution is 0.102. The Balaban J connectivity index is 1.38. The lowest BCUT2D eigenvalue weighted by atomic mass is 10.1. The van der Waals surface area contributed by atoms with Gasteiger partial charge in [-0.15, -0.1) is 0 Å². The Morgan fingerprint density at radius 3 is 2.53 bits per heavy atom. The molecule has 5 aromatic rings. The summed E-state index contributed by atoms with van der Waals surface area (Å²) in [7, 11) is 0. The molecule has 0 fully saturated rings. The average molecular weight is 392 g/mol. The molecule has 1 amide bonds. The molecule has 3 N–H and O–H groups in total.